The number of carbonyl (C=O) groups excluding carboxylic acids is 1. The maximum atomic E-state index is 12.7. The summed E-state index contributed by atoms with van der Waals surface area (Å²) in [6.07, 6.45) is 1.91. The fraction of sp³-hybridized carbons (Fsp3) is 0.850. The molecule has 0 bridgehead atoms. The topological polar surface area (TPSA) is 26.3 Å². The summed E-state index contributed by atoms with van der Waals surface area (Å²) in [5.41, 5.74) is 1.75. The van der Waals surface area contributed by atoms with Crippen LogP contribution in [0, 0.1) is 17.3 Å². The molecule has 0 heterocycles. The van der Waals surface area contributed by atoms with Crippen LogP contribution < -0.4 is 0 Å². The van der Waals surface area contributed by atoms with Crippen LogP contribution in [0.25, 0.3) is 0 Å². The fourth-order valence-corrected chi connectivity index (χ4v) is 7.51. The second kappa shape index (κ2) is 5.92. The number of hydrogen-bond donors (Lipinski definition) is 0. The van der Waals surface area contributed by atoms with E-state index in [9.17, 15) is 4.79 Å². The van der Waals surface area contributed by atoms with E-state index in [-0.39, 0.29) is 10.5 Å². The second-order valence-electron chi connectivity index (χ2n) is 11.2. The van der Waals surface area contributed by atoms with E-state index in [4.69, 9.17) is 4.43 Å². The van der Waals surface area contributed by atoms with Crippen LogP contribution in [0.4, 0.5) is 0 Å². The zero-order chi connectivity index (χ0) is 18.7. The standard InChI is InChI=1S/C20H38O2Si2/c1-19(2,3)24(9,10)22-13-15-17-14(12-20(15,4)5)11-16(21)18(17)23(6,7)8/h14-15H,11-13H2,1-10H3. The van der Waals surface area contributed by atoms with E-state index in [1.807, 2.05) is 0 Å². The summed E-state index contributed by atoms with van der Waals surface area (Å²) in [4.78, 5) is 12.7. The van der Waals surface area contributed by atoms with Gasteiger partial charge in [-0.3, -0.25) is 4.79 Å². The molecule has 0 N–H and O–H groups in total. The van der Waals surface area contributed by atoms with Crippen molar-refractivity contribution in [3.63, 3.8) is 0 Å². The molecule has 2 unspecified atom stereocenters. The summed E-state index contributed by atoms with van der Waals surface area (Å²) in [5, 5.41) is 1.48. The Hall–Kier alpha value is -0.196. The Morgan fingerprint density at radius 1 is 1.12 bits per heavy atom. The normalized spacial score (nSPS) is 27.8. The number of rotatable bonds is 4. The predicted octanol–water partition coefficient (Wildman–Crippen LogP) is 5.82. The van der Waals surface area contributed by atoms with Crippen molar-refractivity contribution < 1.29 is 9.22 Å². The smallest absolute Gasteiger partial charge is 0.192 e. The summed E-state index contributed by atoms with van der Waals surface area (Å²) in [6, 6.07) is 0. The van der Waals surface area contributed by atoms with Gasteiger partial charge < -0.3 is 4.43 Å². The maximum Gasteiger partial charge on any atom is 0.192 e. The van der Waals surface area contributed by atoms with Gasteiger partial charge in [0.1, 0.15) is 0 Å². The molecule has 0 aromatic rings. The third-order valence-electron chi connectivity index (χ3n) is 6.70. The van der Waals surface area contributed by atoms with Gasteiger partial charge >= 0.3 is 0 Å². The molecule has 0 radical (unpaired) electrons. The minimum Gasteiger partial charge on any atom is -0.416 e. The third-order valence-corrected chi connectivity index (χ3v) is 13.3. The first-order valence-electron chi connectivity index (χ1n) is 9.49. The van der Waals surface area contributed by atoms with Gasteiger partial charge in [-0.1, -0.05) is 59.8 Å². The molecule has 4 heteroatoms. The number of allylic oxidation sites excluding steroid dienone is 1. The Morgan fingerprint density at radius 2 is 1.67 bits per heavy atom. The van der Waals surface area contributed by atoms with Crippen molar-refractivity contribution in [1.29, 1.82) is 0 Å². The molecular formula is C20H38O2Si2. The lowest BCUT2D eigenvalue weighted by Gasteiger charge is -2.39. The molecule has 0 spiro atoms. The number of ketones is 1. The van der Waals surface area contributed by atoms with E-state index < -0.39 is 16.4 Å². The molecule has 24 heavy (non-hydrogen) atoms. The second-order valence-corrected chi connectivity index (χ2v) is 21.0. The van der Waals surface area contributed by atoms with Crippen LogP contribution in [0.2, 0.25) is 37.8 Å². The molecule has 0 aliphatic heterocycles. The fourth-order valence-electron chi connectivity index (χ4n) is 4.31. The lowest BCUT2D eigenvalue weighted by Crippen LogP contribution is -2.43. The average Bonchev–Trinajstić information content (AvgIpc) is 2.73. The van der Waals surface area contributed by atoms with E-state index in [0.717, 1.165) is 19.4 Å². The first kappa shape index (κ1) is 20.1. The molecule has 0 saturated heterocycles. The Labute approximate surface area is 151 Å². The summed E-state index contributed by atoms with van der Waals surface area (Å²) in [7, 11) is -3.36. The predicted molar refractivity (Wildman–Crippen MR) is 109 cm³/mol. The van der Waals surface area contributed by atoms with Gasteiger partial charge in [0.25, 0.3) is 0 Å². The molecule has 2 aliphatic rings. The Bertz CT molecular complexity index is 559. The van der Waals surface area contributed by atoms with Gasteiger partial charge in [0.05, 0.1) is 8.07 Å². The minimum atomic E-state index is -1.76. The molecule has 1 saturated carbocycles. The van der Waals surface area contributed by atoms with Gasteiger partial charge in [0, 0.05) is 18.9 Å². The highest BCUT2D eigenvalue weighted by Gasteiger charge is 2.52. The van der Waals surface area contributed by atoms with Crippen molar-refractivity contribution in [3.05, 3.63) is 10.8 Å². The first-order chi connectivity index (χ1) is 10.6. The zero-order valence-electron chi connectivity index (χ0n) is 17.6. The largest absolute Gasteiger partial charge is 0.416 e. The quantitative estimate of drug-likeness (QED) is 0.586. The summed E-state index contributed by atoms with van der Waals surface area (Å²) < 4.78 is 6.63. The van der Waals surface area contributed by atoms with Gasteiger partial charge in [-0.15, -0.1) is 0 Å². The van der Waals surface area contributed by atoms with Crippen LogP contribution in [-0.2, 0) is 9.22 Å². The molecule has 0 aromatic heterocycles. The van der Waals surface area contributed by atoms with Gasteiger partial charge in [0.2, 0.25) is 0 Å². The highest BCUT2D eigenvalue weighted by atomic mass is 28.4. The molecule has 2 aliphatic carbocycles. The number of carbonyl (C=O) groups is 1. The zero-order valence-corrected chi connectivity index (χ0v) is 19.6. The van der Waals surface area contributed by atoms with Crippen LogP contribution in [0.15, 0.2) is 10.8 Å². The van der Waals surface area contributed by atoms with Crippen molar-refractivity contribution in [2.45, 2.75) is 85.2 Å². The van der Waals surface area contributed by atoms with Crippen LogP contribution in [0.3, 0.4) is 0 Å². The van der Waals surface area contributed by atoms with E-state index in [0.29, 0.717) is 17.6 Å². The summed E-state index contributed by atoms with van der Waals surface area (Å²) >= 11 is 0. The van der Waals surface area contributed by atoms with Crippen LogP contribution in [-0.4, -0.2) is 28.8 Å². The lowest BCUT2D eigenvalue weighted by atomic mass is 9.80. The van der Waals surface area contributed by atoms with Crippen LogP contribution >= 0.6 is 0 Å². The highest BCUT2D eigenvalue weighted by molar-refractivity contribution is 6.87. The van der Waals surface area contributed by atoms with E-state index in [1.54, 1.807) is 0 Å². The van der Waals surface area contributed by atoms with Crippen molar-refractivity contribution >= 4 is 22.2 Å². The molecule has 0 amide bonds. The lowest BCUT2D eigenvalue weighted by molar-refractivity contribution is -0.115. The van der Waals surface area contributed by atoms with E-state index in [1.165, 1.54) is 10.8 Å². The molecule has 2 nitrogen and oxygen atoms in total. The Kier molecular flexibility index (Phi) is 4.96. The number of Topliss-reactive ketones (excluding diaryl/α,β-unsaturated/α-hetero) is 1. The number of fused-ring (bicyclic) bond motifs is 1. The maximum absolute atomic E-state index is 12.7. The molecule has 1 fully saturated rings. The molecule has 2 rings (SSSR count). The third kappa shape index (κ3) is 3.52. The van der Waals surface area contributed by atoms with Gasteiger partial charge in [-0.05, 0) is 41.1 Å². The molecular weight excluding hydrogens is 328 g/mol. The van der Waals surface area contributed by atoms with Gasteiger partial charge in [0.15, 0.2) is 14.1 Å². The van der Waals surface area contributed by atoms with Crippen LogP contribution in [0.1, 0.15) is 47.5 Å². The molecule has 2 atom stereocenters. The van der Waals surface area contributed by atoms with E-state index in [2.05, 4.69) is 67.4 Å². The minimum absolute atomic E-state index is 0.233. The first-order valence-corrected chi connectivity index (χ1v) is 15.9. The van der Waals surface area contributed by atoms with E-state index >= 15 is 0 Å². The summed E-state index contributed by atoms with van der Waals surface area (Å²) in [5.74, 6) is 1.36. The number of hydrogen-bond acceptors (Lipinski definition) is 2. The van der Waals surface area contributed by atoms with Gasteiger partial charge in [-0.2, -0.15) is 0 Å². The SMILES string of the molecule is CC1(C)CC2CC(=O)C([Si](C)(C)C)=C2C1CO[Si](C)(C)C(C)(C)C. The Balaban J connectivity index is 2.36. The monoisotopic (exact) mass is 366 g/mol. The molecule has 0 aromatic carbocycles. The summed E-state index contributed by atoms with van der Waals surface area (Å²) in [6.45, 7) is 24.1. The van der Waals surface area contributed by atoms with Gasteiger partial charge in [-0.25, -0.2) is 0 Å². The van der Waals surface area contributed by atoms with Crippen molar-refractivity contribution in [1.82, 2.24) is 0 Å². The van der Waals surface area contributed by atoms with Crippen molar-refractivity contribution in [2.24, 2.45) is 17.3 Å². The molecule has 138 valence electrons. The van der Waals surface area contributed by atoms with Crippen molar-refractivity contribution in [2.75, 3.05) is 6.61 Å². The van der Waals surface area contributed by atoms with Crippen molar-refractivity contribution in [3.8, 4) is 0 Å². The van der Waals surface area contributed by atoms with Crippen LogP contribution in [0.5, 0.6) is 0 Å². The average molecular weight is 367 g/mol. The highest BCUT2D eigenvalue weighted by Crippen LogP contribution is 2.56. The Morgan fingerprint density at radius 3 is 2.12 bits per heavy atom.